The quantitative estimate of drug-likeness (QED) is 0.482. The van der Waals surface area contributed by atoms with Crippen molar-refractivity contribution in [2.75, 3.05) is 11.6 Å². The molecule has 0 saturated carbocycles. The number of nitrogens with zero attached hydrogens (tertiary/aromatic N) is 3. The fourth-order valence-electron chi connectivity index (χ4n) is 3.05. The Morgan fingerprint density at radius 3 is 2.52 bits per heavy atom. The summed E-state index contributed by atoms with van der Waals surface area (Å²) in [5.74, 6) is -0.0726. The number of anilines is 1. The zero-order chi connectivity index (χ0) is 22.2. The summed E-state index contributed by atoms with van der Waals surface area (Å²) in [6.45, 7) is 3.59. The lowest BCUT2D eigenvalue weighted by Crippen LogP contribution is -2.13. The summed E-state index contributed by atoms with van der Waals surface area (Å²) < 4.78 is 28.6. The van der Waals surface area contributed by atoms with Crippen LogP contribution in [0.15, 0.2) is 57.4 Å². The number of hydrogen-bond acceptors (Lipinski definition) is 8. The molecule has 0 saturated heterocycles. The molecule has 4 aromatic rings. The molecule has 3 heterocycles. The van der Waals surface area contributed by atoms with E-state index in [1.54, 1.807) is 25.3 Å². The predicted molar refractivity (Wildman–Crippen MR) is 118 cm³/mol. The van der Waals surface area contributed by atoms with Gasteiger partial charge >= 0.3 is 0 Å². The molecule has 0 aliphatic carbocycles. The third-order valence-electron chi connectivity index (χ3n) is 4.62. The SMILES string of the molecule is Cc1cccnc1-c1csc(NC(=O)c2c(-c3ccc(S(C)(=O)=O)cc3)noc2C)n1. The van der Waals surface area contributed by atoms with Crippen LogP contribution in [-0.2, 0) is 9.84 Å². The topological polar surface area (TPSA) is 115 Å². The van der Waals surface area contributed by atoms with Crippen LogP contribution in [0.5, 0.6) is 0 Å². The van der Waals surface area contributed by atoms with Gasteiger partial charge in [-0.05, 0) is 37.6 Å². The monoisotopic (exact) mass is 454 g/mol. The largest absolute Gasteiger partial charge is 0.360 e. The summed E-state index contributed by atoms with van der Waals surface area (Å²) in [5, 5.41) is 9.03. The summed E-state index contributed by atoms with van der Waals surface area (Å²) >= 11 is 1.29. The van der Waals surface area contributed by atoms with Crippen LogP contribution in [0, 0.1) is 13.8 Å². The minimum Gasteiger partial charge on any atom is -0.360 e. The van der Waals surface area contributed by atoms with Crippen LogP contribution < -0.4 is 5.32 Å². The molecule has 0 aliphatic heterocycles. The van der Waals surface area contributed by atoms with Gasteiger partial charge in [-0.3, -0.25) is 15.1 Å². The van der Waals surface area contributed by atoms with Crippen molar-refractivity contribution >= 4 is 32.2 Å². The number of thiazole rings is 1. The van der Waals surface area contributed by atoms with Crippen LogP contribution >= 0.6 is 11.3 Å². The van der Waals surface area contributed by atoms with Crippen molar-refractivity contribution in [3.05, 3.63) is 64.9 Å². The van der Waals surface area contributed by atoms with Gasteiger partial charge in [0, 0.05) is 23.4 Å². The van der Waals surface area contributed by atoms with Gasteiger partial charge < -0.3 is 4.52 Å². The van der Waals surface area contributed by atoms with E-state index < -0.39 is 15.7 Å². The molecule has 158 valence electrons. The zero-order valence-electron chi connectivity index (χ0n) is 16.9. The molecular weight excluding hydrogens is 436 g/mol. The van der Waals surface area contributed by atoms with Crippen molar-refractivity contribution in [3.63, 3.8) is 0 Å². The Hall–Kier alpha value is -3.37. The summed E-state index contributed by atoms with van der Waals surface area (Å²) in [7, 11) is -3.32. The Labute approximate surface area is 182 Å². The van der Waals surface area contributed by atoms with E-state index in [1.165, 1.54) is 23.5 Å². The zero-order valence-corrected chi connectivity index (χ0v) is 18.5. The van der Waals surface area contributed by atoms with E-state index in [0.29, 0.717) is 27.8 Å². The first kappa shape index (κ1) is 20.9. The number of amides is 1. The van der Waals surface area contributed by atoms with Gasteiger partial charge in [0.1, 0.15) is 22.7 Å². The van der Waals surface area contributed by atoms with Crippen LogP contribution in [0.3, 0.4) is 0 Å². The molecule has 0 aliphatic rings. The smallest absolute Gasteiger partial charge is 0.263 e. The number of carbonyl (C=O) groups is 1. The molecule has 1 N–H and O–H groups in total. The number of hydrogen-bond donors (Lipinski definition) is 1. The molecule has 1 aromatic carbocycles. The minimum atomic E-state index is -3.32. The van der Waals surface area contributed by atoms with E-state index in [-0.39, 0.29) is 10.5 Å². The van der Waals surface area contributed by atoms with E-state index in [4.69, 9.17) is 4.52 Å². The van der Waals surface area contributed by atoms with E-state index in [2.05, 4.69) is 20.4 Å². The molecule has 0 fully saturated rings. The summed E-state index contributed by atoms with van der Waals surface area (Å²) in [4.78, 5) is 22.0. The fourth-order valence-corrected chi connectivity index (χ4v) is 4.37. The van der Waals surface area contributed by atoms with Crippen molar-refractivity contribution in [1.82, 2.24) is 15.1 Å². The van der Waals surface area contributed by atoms with Crippen molar-refractivity contribution in [1.29, 1.82) is 0 Å². The highest BCUT2D eigenvalue weighted by Gasteiger charge is 2.23. The van der Waals surface area contributed by atoms with E-state index >= 15 is 0 Å². The average molecular weight is 455 g/mol. The maximum Gasteiger partial charge on any atom is 0.263 e. The second kappa shape index (κ2) is 8.05. The van der Waals surface area contributed by atoms with Gasteiger partial charge in [0.05, 0.1) is 10.6 Å². The van der Waals surface area contributed by atoms with Gasteiger partial charge in [0.25, 0.3) is 5.91 Å². The molecule has 0 bridgehead atoms. The van der Waals surface area contributed by atoms with Crippen LogP contribution in [0.4, 0.5) is 5.13 Å². The highest BCUT2D eigenvalue weighted by atomic mass is 32.2. The Morgan fingerprint density at radius 1 is 1.10 bits per heavy atom. The summed E-state index contributed by atoms with van der Waals surface area (Å²) in [6, 6.07) is 9.93. The van der Waals surface area contributed by atoms with Crippen LogP contribution in [-0.4, -0.2) is 35.7 Å². The van der Waals surface area contributed by atoms with Gasteiger partial charge in [-0.2, -0.15) is 0 Å². The van der Waals surface area contributed by atoms with Crippen molar-refractivity contribution in [2.45, 2.75) is 18.7 Å². The highest BCUT2D eigenvalue weighted by molar-refractivity contribution is 7.90. The molecule has 1 amide bonds. The highest BCUT2D eigenvalue weighted by Crippen LogP contribution is 2.29. The third kappa shape index (κ3) is 4.25. The van der Waals surface area contributed by atoms with E-state index in [9.17, 15) is 13.2 Å². The van der Waals surface area contributed by atoms with Crippen molar-refractivity contribution in [3.8, 4) is 22.6 Å². The van der Waals surface area contributed by atoms with Gasteiger partial charge in [-0.15, -0.1) is 11.3 Å². The third-order valence-corrected chi connectivity index (χ3v) is 6.51. The maximum absolute atomic E-state index is 13.0. The Kier molecular flexibility index (Phi) is 5.42. The second-order valence-corrected chi connectivity index (χ2v) is 9.79. The Bertz CT molecular complexity index is 1370. The van der Waals surface area contributed by atoms with Gasteiger partial charge in [-0.25, -0.2) is 13.4 Å². The lowest BCUT2D eigenvalue weighted by atomic mass is 10.1. The van der Waals surface area contributed by atoms with Crippen LogP contribution in [0.1, 0.15) is 21.7 Å². The van der Waals surface area contributed by atoms with Crippen molar-refractivity contribution < 1.29 is 17.7 Å². The predicted octanol–water partition coefficient (Wildman–Crippen LogP) is 4.13. The molecule has 10 heteroatoms. The number of carbonyl (C=O) groups excluding carboxylic acids is 1. The van der Waals surface area contributed by atoms with Crippen LogP contribution in [0.2, 0.25) is 0 Å². The summed E-state index contributed by atoms with van der Waals surface area (Å²) in [6.07, 6.45) is 2.83. The fraction of sp³-hybridized carbons (Fsp3) is 0.143. The summed E-state index contributed by atoms with van der Waals surface area (Å²) in [5.41, 5.74) is 3.58. The molecule has 3 aromatic heterocycles. The molecule has 8 nitrogen and oxygen atoms in total. The van der Waals surface area contributed by atoms with Gasteiger partial charge in [-0.1, -0.05) is 23.4 Å². The molecule has 0 atom stereocenters. The number of pyridine rings is 1. The van der Waals surface area contributed by atoms with E-state index in [1.807, 2.05) is 24.4 Å². The molecular formula is C21H18N4O4S2. The molecule has 0 unspecified atom stereocenters. The number of sulfone groups is 1. The Morgan fingerprint density at radius 2 is 1.84 bits per heavy atom. The van der Waals surface area contributed by atoms with Gasteiger partial charge in [0.2, 0.25) is 0 Å². The molecule has 0 spiro atoms. The number of aryl methyl sites for hydroxylation is 2. The van der Waals surface area contributed by atoms with Crippen LogP contribution in [0.25, 0.3) is 22.6 Å². The van der Waals surface area contributed by atoms with Gasteiger partial charge in [0.15, 0.2) is 15.0 Å². The average Bonchev–Trinajstić information content (AvgIpc) is 3.34. The van der Waals surface area contributed by atoms with Crippen molar-refractivity contribution in [2.24, 2.45) is 0 Å². The molecule has 4 rings (SSSR count). The first-order valence-electron chi connectivity index (χ1n) is 9.19. The minimum absolute atomic E-state index is 0.183. The lowest BCUT2D eigenvalue weighted by Gasteiger charge is -2.04. The number of benzene rings is 1. The number of rotatable bonds is 5. The lowest BCUT2D eigenvalue weighted by molar-refractivity contribution is 0.102. The first-order chi connectivity index (χ1) is 14.7. The number of aromatic nitrogens is 3. The molecule has 31 heavy (non-hydrogen) atoms. The Balaban J connectivity index is 1.61. The number of nitrogens with one attached hydrogen (secondary N) is 1. The second-order valence-electron chi connectivity index (χ2n) is 6.92. The van der Waals surface area contributed by atoms with E-state index in [0.717, 1.165) is 17.5 Å². The first-order valence-corrected chi connectivity index (χ1v) is 12.0. The standard InChI is InChI=1S/C21H18N4O4S2/c1-12-5-4-10-22-18(12)16-11-30-21(23-16)24-20(26)17-13(2)29-25-19(17)14-6-8-15(9-7-14)31(3,27)28/h4-11H,1-3H3,(H,23,24,26). The normalized spacial score (nSPS) is 11.5. The molecule has 0 radical (unpaired) electrons. The maximum atomic E-state index is 13.0.